The summed E-state index contributed by atoms with van der Waals surface area (Å²) in [6, 6.07) is 7.38. The number of carbonyl (C=O) groups is 1. The van der Waals surface area contributed by atoms with Crippen molar-refractivity contribution in [2.75, 3.05) is 19.8 Å². The number of ether oxygens (including phenoxy) is 1. The molecular formula is C15H21NO4. The molecular weight excluding hydrogens is 258 g/mol. The summed E-state index contributed by atoms with van der Waals surface area (Å²) in [6.45, 7) is 3.33. The molecule has 1 aromatic carbocycles. The van der Waals surface area contributed by atoms with Gasteiger partial charge in [0.2, 0.25) is 5.91 Å². The molecule has 0 saturated heterocycles. The van der Waals surface area contributed by atoms with Gasteiger partial charge in [0.15, 0.2) is 0 Å². The summed E-state index contributed by atoms with van der Waals surface area (Å²) in [5.41, 5.74) is -0.236. The zero-order chi connectivity index (χ0) is 15.0. The summed E-state index contributed by atoms with van der Waals surface area (Å²) < 4.78 is 5.45. The molecule has 1 rings (SSSR count). The van der Waals surface area contributed by atoms with Gasteiger partial charge in [-0.3, -0.25) is 4.79 Å². The molecule has 0 aliphatic heterocycles. The first-order valence-corrected chi connectivity index (χ1v) is 6.48. The third-order valence-electron chi connectivity index (χ3n) is 2.76. The van der Waals surface area contributed by atoms with Gasteiger partial charge in [0.25, 0.3) is 0 Å². The molecule has 0 aromatic heterocycles. The lowest BCUT2D eigenvalue weighted by Crippen LogP contribution is -2.51. The highest BCUT2D eigenvalue weighted by atomic mass is 16.5. The van der Waals surface area contributed by atoms with Gasteiger partial charge in [-0.2, -0.15) is 0 Å². The molecule has 0 saturated carbocycles. The van der Waals surface area contributed by atoms with E-state index in [-0.39, 0.29) is 19.1 Å². The molecule has 5 nitrogen and oxygen atoms in total. The lowest BCUT2D eigenvalue weighted by atomic mass is 10.1. The van der Waals surface area contributed by atoms with Gasteiger partial charge in [-0.05, 0) is 26.0 Å². The molecule has 0 spiro atoms. The number of benzene rings is 1. The van der Waals surface area contributed by atoms with E-state index in [4.69, 9.17) is 14.9 Å². The van der Waals surface area contributed by atoms with E-state index in [2.05, 4.69) is 5.32 Å². The van der Waals surface area contributed by atoms with Crippen molar-refractivity contribution in [3.63, 3.8) is 0 Å². The number of aliphatic hydroxyl groups excluding tert-OH is 2. The SMILES string of the molecule is CCOc1ccccc1/C=C/C(=O)NC(C)(CO)CO. The molecule has 0 unspecified atom stereocenters. The van der Waals surface area contributed by atoms with Gasteiger partial charge in [0.05, 0.1) is 25.4 Å². The lowest BCUT2D eigenvalue weighted by molar-refractivity contribution is -0.119. The van der Waals surface area contributed by atoms with E-state index >= 15 is 0 Å². The summed E-state index contributed by atoms with van der Waals surface area (Å²) in [6.07, 6.45) is 2.98. The van der Waals surface area contributed by atoms with Crippen LogP contribution in [-0.2, 0) is 4.79 Å². The molecule has 0 bridgehead atoms. The minimum Gasteiger partial charge on any atom is -0.493 e. The molecule has 5 heteroatoms. The minimum absolute atomic E-state index is 0.335. The van der Waals surface area contributed by atoms with E-state index < -0.39 is 5.54 Å². The Kier molecular flexibility index (Phi) is 6.21. The van der Waals surface area contributed by atoms with Crippen LogP contribution in [0.25, 0.3) is 6.08 Å². The molecule has 20 heavy (non-hydrogen) atoms. The Morgan fingerprint density at radius 3 is 2.60 bits per heavy atom. The molecule has 3 N–H and O–H groups in total. The largest absolute Gasteiger partial charge is 0.493 e. The van der Waals surface area contributed by atoms with E-state index in [1.54, 1.807) is 13.0 Å². The van der Waals surface area contributed by atoms with Crippen LogP contribution in [0.4, 0.5) is 0 Å². The van der Waals surface area contributed by atoms with Crippen LogP contribution in [0.1, 0.15) is 19.4 Å². The number of para-hydroxylation sites is 1. The van der Waals surface area contributed by atoms with Crippen LogP contribution in [-0.4, -0.2) is 41.5 Å². The van der Waals surface area contributed by atoms with Crippen LogP contribution < -0.4 is 10.1 Å². The average Bonchev–Trinajstić information content (AvgIpc) is 2.46. The highest BCUT2D eigenvalue weighted by Crippen LogP contribution is 2.19. The van der Waals surface area contributed by atoms with E-state index in [0.717, 1.165) is 5.56 Å². The van der Waals surface area contributed by atoms with Crippen molar-refractivity contribution in [2.24, 2.45) is 0 Å². The van der Waals surface area contributed by atoms with E-state index in [9.17, 15) is 4.79 Å². The Hall–Kier alpha value is -1.85. The van der Waals surface area contributed by atoms with Gasteiger partial charge < -0.3 is 20.3 Å². The highest BCUT2D eigenvalue weighted by Gasteiger charge is 2.23. The fraction of sp³-hybridized carbons (Fsp3) is 0.400. The number of nitrogens with one attached hydrogen (secondary N) is 1. The number of hydrogen-bond acceptors (Lipinski definition) is 4. The Balaban J connectivity index is 2.75. The van der Waals surface area contributed by atoms with Crippen molar-refractivity contribution in [1.29, 1.82) is 0 Å². The summed E-state index contributed by atoms with van der Waals surface area (Å²) >= 11 is 0. The van der Waals surface area contributed by atoms with Crippen LogP contribution in [0.3, 0.4) is 0 Å². The smallest absolute Gasteiger partial charge is 0.244 e. The molecule has 1 amide bonds. The number of aliphatic hydroxyl groups is 2. The summed E-state index contributed by atoms with van der Waals surface area (Å²) in [5, 5.41) is 20.8. The Bertz CT molecular complexity index is 467. The maximum absolute atomic E-state index is 11.8. The first-order chi connectivity index (χ1) is 9.54. The lowest BCUT2D eigenvalue weighted by Gasteiger charge is -2.25. The third-order valence-corrected chi connectivity index (χ3v) is 2.76. The fourth-order valence-electron chi connectivity index (χ4n) is 1.54. The van der Waals surface area contributed by atoms with Gasteiger partial charge in [-0.1, -0.05) is 18.2 Å². The summed E-state index contributed by atoms with van der Waals surface area (Å²) in [4.78, 5) is 11.8. The Labute approximate surface area is 118 Å². The van der Waals surface area contributed by atoms with Gasteiger partial charge in [0, 0.05) is 11.6 Å². The molecule has 1 aromatic rings. The van der Waals surface area contributed by atoms with Crippen molar-refractivity contribution in [1.82, 2.24) is 5.32 Å². The molecule has 0 heterocycles. The van der Waals surface area contributed by atoms with Crippen molar-refractivity contribution in [2.45, 2.75) is 19.4 Å². The van der Waals surface area contributed by atoms with Crippen molar-refractivity contribution in [3.05, 3.63) is 35.9 Å². The Morgan fingerprint density at radius 2 is 2.00 bits per heavy atom. The molecule has 0 radical (unpaired) electrons. The van der Waals surface area contributed by atoms with E-state index in [0.29, 0.717) is 12.4 Å². The van der Waals surface area contributed by atoms with Crippen LogP contribution in [0.2, 0.25) is 0 Å². The first-order valence-electron chi connectivity index (χ1n) is 6.48. The standard InChI is InChI=1S/C15H21NO4/c1-3-20-13-7-5-4-6-12(13)8-9-14(19)16-15(2,10-17)11-18/h4-9,17-18H,3,10-11H2,1-2H3,(H,16,19)/b9-8+. The Morgan fingerprint density at radius 1 is 1.35 bits per heavy atom. The van der Waals surface area contributed by atoms with Crippen molar-refractivity contribution < 1.29 is 19.7 Å². The van der Waals surface area contributed by atoms with Crippen molar-refractivity contribution in [3.8, 4) is 5.75 Å². The quantitative estimate of drug-likeness (QED) is 0.650. The fourth-order valence-corrected chi connectivity index (χ4v) is 1.54. The molecule has 0 aliphatic rings. The molecule has 0 atom stereocenters. The molecule has 110 valence electrons. The molecule has 0 aliphatic carbocycles. The topological polar surface area (TPSA) is 78.8 Å². The molecule has 0 fully saturated rings. The van der Waals surface area contributed by atoms with E-state index in [1.165, 1.54) is 6.08 Å². The average molecular weight is 279 g/mol. The second kappa shape index (κ2) is 7.67. The second-order valence-corrected chi connectivity index (χ2v) is 4.67. The van der Waals surface area contributed by atoms with E-state index in [1.807, 2.05) is 31.2 Å². The minimum atomic E-state index is -1.03. The highest BCUT2D eigenvalue weighted by molar-refractivity contribution is 5.92. The number of rotatable bonds is 7. The third kappa shape index (κ3) is 4.68. The predicted molar refractivity (Wildman–Crippen MR) is 77.4 cm³/mol. The predicted octanol–water partition coefficient (Wildman–Crippen LogP) is 0.958. The first kappa shape index (κ1) is 16.2. The maximum Gasteiger partial charge on any atom is 0.244 e. The zero-order valence-corrected chi connectivity index (χ0v) is 11.8. The van der Waals surface area contributed by atoms with Gasteiger partial charge in [-0.15, -0.1) is 0 Å². The second-order valence-electron chi connectivity index (χ2n) is 4.67. The monoisotopic (exact) mass is 279 g/mol. The van der Waals surface area contributed by atoms with Gasteiger partial charge in [-0.25, -0.2) is 0 Å². The van der Waals surface area contributed by atoms with Gasteiger partial charge >= 0.3 is 0 Å². The van der Waals surface area contributed by atoms with Crippen LogP contribution in [0.15, 0.2) is 30.3 Å². The summed E-state index contributed by atoms with van der Waals surface area (Å²) in [7, 11) is 0. The maximum atomic E-state index is 11.8. The zero-order valence-electron chi connectivity index (χ0n) is 11.8. The number of hydrogen-bond donors (Lipinski definition) is 3. The van der Waals surface area contributed by atoms with Gasteiger partial charge in [0.1, 0.15) is 5.75 Å². The normalized spacial score (nSPS) is 11.6. The number of carbonyl (C=O) groups excluding carboxylic acids is 1. The van der Waals surface area contributed by atoms with Crippen LogP contribution >= 0.6 is 0 Å². The van der Waals surface area contributed by atoms with Crippen LogP contribution in [0, 0.1) is 0 Å². The number of amides is 1. The van der Waals surface area contributed by atoms with Crippen LogP contribution in [0.5, 0.6) is 5.75 Å². The van der Waals surface area contributed by atoms with Crippen molar-refractivity contribution >= 4 is 12.0 Å². The summed E-state index contributed by atoms with van der Waals surface area (Å²) in [5.74, 6) is 0.313.